The highest BCUT2D eigenvalue weighted by Gasteiger charge is 2.21. The van der Waals surface area contributed by atoms with E-state index < -0.39 is 0 Å². The molecule has 3 heteroatoms. The standard InChI is InChI=1S/C15H16BrNS/c1-10-15(12-5-7-13(16)8-6-12)17-14(18-10)9-4-11-2-3-11/h5-8,11H,2-4,9H2,1H3. The molecule has 0 spiro atoms. The second-order valence-corrected chi connectivity index (χ2v) is 7.20. The van der Waals surface area contributed by atoms with Crippen LogP contribution in [0, 0.1) is 12.8 Å². The third-order valence-electron chi connectivity index (χ3n) is 3.42. The Morgan fingerprint density at radius 1 is 1.28 bits per heavy atom. The number of benzene rings is 1. The second kappa shape index (κ2) is 5.14. The summed E-state index contributed by atoms with van der Waals surface area (Å²) in [6.45, 7) is 2.18. The molecule has 1 aliphatic carbocycles. The molecule has 0 aliphatic heterocycles. The molecule has 1 aromatic heterocycles. The summed E-state index contributed by atoms with van der Waals surface area (Å²) < 4.78 is 1.12. The van der Waals surface area contributed by atoms with Gasteiger partial charge in [-0.25, -0.2) is 4.98 Å². The quantitative estimate of drug-likeness (QED) is 0.752. The van der Waals surface area contributed by atoms with Crippen LogP contribution in [0.15, 0.2) is 28.7 Å². The zero-order valence-electron chi connectivity index (χ0n) is 10.4. The van der Waals surface area contributed by atoms with E-state index in [1.54, 1.807) is 0 Å². The van der Waals surface area contributed by atoms with Crippen molar-refractivity contribution in [2.24, 2.45) is 5.92 Å². The van der Waals surface area contributed by atoms with Crippen LogP contribution >= 0.6 is 27.3 Å². The molecule has 1 nitrogen and oxygen atoms in total. The maximum atomic E-state index is 4.81. The maximum Gasteiger partial charge on any atom is 0.0935 e. The molecule has 0 amide bonds. The smallest absolute Gasteiger partial charge is 0.0935 e. The molecule has 2 aromatic rings. The lowest BCUT2D eigenvalue weighted by Gasteiger charge is -1.98. The number of hydrogen-bond donors (Lipinski definition) is 0. The third kappa shape index (κ3) is 2.83. The molecule has 0 unspecified atom stereocenters. The number of nitrogens with zero attached hydrogens (tertiary/aromatic N) is 1. The van der Waals surface area contributed by atoms with Crippen LogP contribution < -0.4 is 0 Å². The Balaban J connectivity index is 1.80. The molecule has 0 radical (unpaired) electrons. The minimum atomic E-state index is 0.991. The van der Waals surface area contributed by atoms with Crippen LogP contribution in [-0.4, -0.2) is 4.98 Å². The van der Waals surface area contributed by atoms with Gasteiger partial charge in [0.15, 0.2) is 0 Å². The number of aromatic nitrogens is 1. The van der Waals surface area contributed by atoms with E-state index in [1.165, 1.54) is 40.4 Å². The van der Waals surface area contributed by atoms with Crippen LogP contribution in [0.2, 0.25) is 0 Å². The van der Waals surface area contributed by atoms with Crippen molar-refractivity contribution in [2.45, 2.75) is 32.6 Å². The molecule has 1 saturated carbocycles. The van der Waals surface area contributed by atoms with E-state index in [4.69, 9.17) is 4.98 Å². The van der Waals surface area contributed by atoms with Gasteiger partial charge in [0.1, 0.15) is 0 Å². The molecule has 1 heterocycles. The predicted octanol–water partition coefficient (Wildman–Crippen LogP) is 5.22. The van der Waals surface area contributed by atoms with Crippen molar-refractivity contribution in [3.8, 4) is 11.3 Å². The summed E-state index contributed by atoms with van der Waals surface area (Å²) in [6.07, 6.45) is 5.35. The minimum Gasteiger partial charge on any atom is -0.241 e. The molecule has 1 aromatic carbocycles. The average molecular weight is 322 g/mol. The SMILES string of the molecule is Cc1sc(CCC2CC2)nc1-c1ccc(Br)cc1. The van der Waals surface area contributed by atoms with Crippen molar-refractivity contribution < 1.29 is 0 Å². The fraction of sp³-hybridized carbons (Fsp3) is 0.400. The average Bonchev–Trinajstić information content (AvgIpc) is 3.12. The lowest BCUT2D eigenvalue weighted by molar-refractivity contribution is 0.724. The molecule has 18 heavy (non-hydrogen) atoms. The molecular weight excluding hydrogens is 306 g/mol. The van der Waals surface area contributed by atoms with Gasteiger partial charge in [-0.1, -0.05) is 40.9 Å². The summed E-state index contributed by atoms with van der Waals surface area (Å²) in [5.41, 5.74) is 2.39. The lowest BCUT2D eigenvalue weighted by Crippen LogP contribution is -1.86. The summed E-state index contributed by atoms with van der Waals surface area (Å²) in [5, 5.41) is 1.30. The molecule has 0 atom stereocenters. The van der Waals surface area contributed by atoms with E-state index >= 15 is 0 Å². The molecule has 94 valence electrons. The molecule has 1 fully saturated rings. The van der Waals surface area contributed by atoms with Gasteiger partial charge in [-0.3, -0.25) is 0 Å². The summed E-state index contributed by atoms with van der Waals surface area (Å²) in [5.74, 6) is 0.991. The predicted molar refractivity (Wildman–Crippen MR) is 81.0 cm³/mol. The van der Waals surface area contributed by atoms with Gasteiger partial charge < -0.3 is 0 Å². The number of halogens is 1. The zero-order chi connectivity index (χ0) is 12.5. The minimum absolute atomic E-state index is 0.991. The summed E-state index contributed by atoms with van der Waals surface area (Å²) in [4.78, 5) is 6.15. The van der Waals surface area contributed by atoms with E-state index in [0.29, 0.717) is 0 Å². The van der Waals surface area contributed by atoms with Crippen LogP contribution in [0.3, 0.4) is 0 Å². The summed E-state index contributed by atoms with van der Waals surface area (Å²) >= 11 is 5.33. The lowest BCUT2D eigenvalue weighted by atomic mass is 10.1. The van der Waals surface area contributed by atoms with Crippen molar-refractivity contribution in [2.75, 3.05) is 0 Å². The van der Waals surface area contributed by atoms with Crippen LogP contribution in [0.5, 0.6) is 0 Å². The van der Waals surface area contributed by atoms with Gasteiger partial charge >= 0.3 is 0 Å². The Morgan fingerprint density at radius 2 is 2.00 bits per heavy atom. The van der Waals surface area contributed by atoms with E-state index in [0.717, 1.165) is 16.8 Å². The van der Waals surface area contributed by atoms with Crippen LogP contribution in [0.4, 0.5) is 0 Å². The number of thiazole rings is 1. The van der Waals surface area contributed by atoms with Gasteiger partial charge in [-0.05, 0) is 37.8 Å². The van der Waals surface area contributed by atoms with Crippen molar-refractivity contribution >= 4 is 27.3 Å². The highest BCUT2D eigenvalue weighted by atomic mass is 79.9. The number of rotatable bonds is 4. The van der Waals surface area contributed by atoms with Crippen molar-refractivity contribution in [3.63, 3.8) is 0 Å². The molecule has 0 saturated heterocycles. The fourth-order valence-electron chi connectivity index (χ4n) is 2.17. The monoisotopic (exact) mass is 321 g/mol. The van der Waals surface area contributed by atoms with Crippen LogP contribution in [0.25, 0.3) is 11.3 Å². The normalized spacial score (nSPS) is 15.0. The first-order valence-electron chi connectivity index (χ1n) is 6.44. The second-order valence-electron chi connectivity index (χ2n) is 5.00. The Labute approximate surface area is 120 Å². The fourth-order valence-corrected chi connectivity index (χ4v) is 3.40. The van der Waals surface area contributed by atoms with Gasteiger partial charge in [0.2, 0.25) is 0 Å². The van der Waals surface area contributed by atoms with Crippen molar-refractivity contribution in [1.82, 2.24) is 4.98 Å². The van der Waals surface area contributed by atoms with E-state index in [-0.39, 0.29) is 0 Å². The zero-order valence-corrected chi connectivity index (χ0v) is 12.9. The summed E-state index contributed by atoms with van der Waals surface area (Å²) in [6, 6.07) is 8.43. The van der Waals surface area contributed by atoms with Crippen LogP contribution in [0.1, 0.15) is 29.1 Å². The van der Waals surface area contributed by atoms with Gasteiger partial charge in [-0.15, -0.1) is 11.3 Å². The summed E-state index contributed by atoms with van der Waals surface area (Å²) in [7, 11) is 0. The number of hydrogen-bond acceptors (Lipinski definition) is 2. The highest BCUT2D eigenvalue weighted by molar-refractivity contribution is 9.10. The van der Waals surface area contributed by atoms with E-state index in [1.807, 2.05) is 11.3 Å². The van der Waals surface area contributed by atoms with Gasteiger partial charge in [0, 0.05) is 14.9 Å². The van der Waals surface area contributed by atoms with Crippen molar-refractivity contribution in [3.05, 3.63) is 38.6 Å². The Hall–Kier alpha value is -0.670. The first-order valence-corrected chi connectivity index (χ1v) is 8.05. The Kier molecular flexibility index (Phi) is 3.53. The molecule has 3 rings (SSSR count). The highest BCUT2D eigenvalue weighted by Crippen LogP contribution is 2.35. The Morgan fingerprint density at radius 3 is 2.67 bits per heavy atom. The van der Waals surface area contributed by atoms with E-state index in [2.05, 4.69) is 47.1 Å². The van der Waals surface area contributed by atoms with Gasteiger partial charge in [0.25, 0.3) is 0 Å². The van der Waals surface area contributed by atoms with Crippen LogP contribution in [-0.2, 0) is 6.42 Å². The van der Waals surface area contributed by atoms with Gasteiger partial charge in [0.05, 0.1) is 10.7 Å². The number of aryl methyl sites for hydroxylation is 2. The molecule has 1 aliphatic rings. The first-order chi connectivity index (χ1) is 8.72. The Bertz CT molecular complexity index is 540. The third-order valence-corrected chi connectivity index (χ3v) is 4.98. The molecule has 0 bridgehead atoms. The maximum absolute atomic E-state index is 4.81. The van der Waals surface area contributed by atoms with E-state index in [9.17, 15) is 0 Å². The van der Waals surface area contributed by atoms with Crippen molar-refractivity contribution in [1.29, 1.82) is 0 Å². The first kappa shape index (κ1) is 12.4. The molecule has 0 N–H and O–H groups in total. The largest absolute Gasteiger partial charge is 0.241 e. The van der Waals surface area contributed by atoms with Gasteiger partial charge in [-0.2, -0.15) is 0 Å². The molecular formula is C15H16BrNS. The topological polar surface area (TPSA) is 12.9 Å².